The highest BCUT2D eigenvalue weighted by Gasteiger charge is 2.35. The van der Waals surface area contributed by atoms with Crippen molar-refractivity contribution in [3.8, 4) is 10.6 Å². The van der Waals surface area contributed by atoms with E-state index >= 15 is 0 Å². The van der Waals surface area contributed by atoms with E-state index in [4.69, 9.17) is 5.73 Å². The molecule has 1 aromatic heterocycles. The fraction of sp³-hybridized carbons (Fsp3) is 0.250. The first-order chi connectivity index (χ1) is 13.8. The fourth-order valence-corrected chi connectivity index (χ4v) is 4.18. The summed E-state index contributed by atoms with van der Waals surface area (Å²) in [5.41, 5.74) is 3.73. The highest BCUT2D eigenvalue weighted by molar-refractivity contribution is 9.12. The van der Waals surface area contributed by atoms with Gasteiger partial charge < -0.3 is 10.5 Å². The highest BCUT2D eigenvalue weighted by Crippen LogP contribution is 2.32. The second-order valence-corrected chi connectivity index (χ2v) is 9.47. The van der Waals surface area contributed by atoms with Gasteiger partial charge in [0.05, 0.1) is 16.5 Å². The van der Waals surface area contributed by atoms with Gasteiger partial charge in [-0.2, -0.15) is 13.2 Å². The van der Waals surface area contributed by atoms with Crippen LogP contribution in [0.2, 0.25) is 0 Å². The number of sulfone groups is 1. The number of benzene rings is 1. The number of methoxy groups -OCH3 is 1. The maximum Gasteiger partial charge on any atom is 0.431 e. The van der Waals surface area contributed by atoms with Crippen LogP contribution < -0.4 is 5.73 Å². The Morgan fingerprint density at radius 1 is 1.33 bits per heavy atom. The third-order valence-corrected chi connectivity index (χ3v) is 6.37. The van der Waals surface area contributed by atoms with Gasteiger partial charge in [-0.15, -0.1) is 10.2 Å². The average molecular weight is 527 g/mol. The number of nitrogens with zero attached hydrogens (tertiary/aromatic N) is 3. The molecule has 0 radical (unpaired) electrons. The Balaban J connectivity index is 2.55. The number of ether oxygens (including phenoxy) is 1. The van der Waals surface area contributed by atoms with Crippen LogP contribution in [0.5, 0.6) is 0 Å². The van der Waals surface area contributed by atoms with E-state index in [2.05, 4.69) is 35.9 Å². The lowest BCUT2D eigenvalue weighted by atomic mass is 10.2. The van der Waals surface area contributed by atoms with Crippen molar-refractivity contribution in [1.82, 2.24) is 10.2 Å². The molecule has 0 saturated carbocycles. The third-order valence-electron chi connectivity index (χ3n) is 3.48. The number of alkyl halides is 3. The molecule has 1 heterocycles. The number of aliphatic imine (C=N–C) groups is 1. The highest BCUT2D eigenvalue weighted by atomic mass is 79.9. The summed E-state index contributed by atoms with van der Waals surface area (Å²) in [7, 11) is -2.38. The predicted molar refractivity (Wildman–Crippen MR) is 108 cm³/mol. The maximum absolute atomic E-state index is 13.0. The quantitative estimate of drug-likeness (QED) is 0.453. The van der Waals surface area contributed by atoms with Gasteiger partial charge in [-0.3, -0.25) is 9.79 Å². The van der Waals surface area contributed by atoms with Gasteiger partial charge in [0.2, 0.25) is 0 Å². The molecule has 162 valence electrons. The summed E-state index contributed by atoms with van der Waals surface area (Å²) in [6.07, 6.45) is -3.82. The molecule has 0 unspecified atom stereocenters. The summed E-state index contributed by atoms with van der Waals surface area (Å²) < 4.78 is 66.4. The van der Waals surface area contributed by atoms with E-state index in [0.29, 0.717) is 5.56 Å². The number of hydrogen-bond donors (Lipinski definition) is 1. The standard InChI is InChI=1S/C16H14BrF3N4O4S2/c1-28-10(25)7-22-12(11(17)13(21)16(18,19)20)15-24-23-14(29-15)8-4-3-5-9(6-8)30(2,26)27/h3-6H,7,21H2,1-2H3. The molecule has 0 spiro atoms. The molecule has 1 aromatic carbocycles. The van der Waals surface area contributed by atoms with E-state index in [1.54, 1.807) is 6.07 Å². The number of hydrogen-bond acceptors (Lipinski definition) is 9. The molecule has 0 aliphatic heterocycles. The Morgan fingerprint density at radius 2 is 2.00 bits per heavy atom. The van der Waals surface area contributed by atoms with Gasteiger partial charge in [-0.1, -0.05) is 23.5 Å². The summed E-state index contributed by atoms with van der Waals surface area (Å²) in [4.78, 5) is 15.3. The van der Waals surface area contributed by atoms with Crippen LogP contribution in [0.25, 0.3) is 10.6 Å². The molecule has 8 nitrogen and oxygen atoms in total. The summed E-state index contributed by atoms with van der Waals surface area (Å²) in [6, 6.07) is 5.82. The number of carbonyl (C=O) groups excluding carboxylic acids is 1. The third kappa shape index (κ3) is 5.86. The zero-order chi connectivity index (χ0) is 22.7. The Kier molecular flexibility index (Phi) is 7.36. The molecule has 0 aliphatic rings. The van der Waals surface area contributed by atoms with Crippen molar-refractivity contribution < 1.29 is 31.1 Å². The van der Waals surface area contributed by atoms with Gasteiger partial charge in [0, 0.05) is 11.8 Å². The average Bonchev–Trinajstić information content (AvgIpc) is 3.15. The zero-order valence-electron chi connectivity index (χ0n) is 15.4. The van der Waals surface area contributed by atoms with Gasteiger partial charge in [0.1, 0.15) is 23.0 Å². The lowest BCUT2D eigenvalue weighted by Crippen LogP contribution is -2.23. The van der Waals surface area contributed by atoms with Crippen LogP contribution in [-0.2, 0) is 19.4 Å². The summed E-state index contributed by atoms with van der Waals surface area (Å²) in [6.45, 7) is -0.579. The fourth-order valence-electron chi connectivity index (χ4n) is 1.99. The van der Waals surface area contributed by atoms with Crippen molar-refractivity contribution in [2.24, 2.45) is 10.7 Å². The second-order valence-electron chi connectivity index (χ2n) is 5.68. The van der Waals surface area contributed by atoms with Crippen LogP contribution in [0, 0.1) is 0 Å². The minimum absolute atomic E-state index is 0.0405. The van der Waals surface area contributed by atoms with Crippen molar-refractivity contribution in [2.45, 2.75) is 11.1 Å². The van der Waals surface area contributed by atoms with Crippen LogP contribution in [0.15, 0.2) is 44.3 Å². The van der Waals surface area contributed by atoms with E-state index in [-0.39, 0.29) is 20.6 Å². The van der Waals surface area contributed by atoms with E-state index < -0.39 is 38.7 Å². The number of esters is 1. The zero-order valence-corrected chi connectivity index (χ0v) is 18.6. The Morgan fingerprint density at radius 3 is 2.57 bits per heavy atom. The molecule has 0 bridgehead atoms. The van der Waals surface area contributed by atoms with Crippen LogP contribution >= 0.6 is 27.3 Å². The van der Waals surface area contributed by atoms with Gasteiger partial charge in [0.25, 0.3) is 0 Å². The van der Waals surface area contributed by atoms with Gasteiger partial charge >= 0.3 is 12.1 Å². The minimum atomic E-state index is -4.86. The molecule has 0 saturated heterocycles. The monoisotopic (exact) mass is 526 g/mol. The summed E-state index contributed by atoms with van der Waals surface area (Å²) >= 11 is 3.61. The molecule has 14 heteroatoms. The van der Waals surface area contributed by atoms with Crippen LogP contribution in [0.1, 0.15) is 5.01 Å². The van der Waals surface area contributed by atoms with Crippen molar-refractivity contribution in [3.05, 3.63) is 39.5 Å². The molecule has 2 aromatic rings. The van der Waals surface area contributed by atoms with Crippen molar-refractivity contribution in [1.29, 1.82) is 0 Å². The van der Waals surface area contributed by atoms with Crippen LogP contribution in [-0.4, -0.2) is 56.4 Å². The van der Waals surface area contributed by atoms with Crippen molar-refractivity contribution >= 4 is 48.8 Å². The summed E-state index contributed by atoms with van der Waals surface area (Å²) in [5, 5.41) is 7.87. The normalized spacial score (nSPS) is 13.7. The van der Waals surface area contributed by atoms with Crippen molar-refractivity contribution in [2.75, 3.05) is 19.9 Å². The van der Waals surface area contributed by atoms with E-state index in [1.165, 1.54) is 18.2 Å². The first-order valence-corrected chi connectivity index (χ1v) is 11.3. The Hall–Kier alpha value is -2.32. The molecular weight excluding hydrogens is 513 g/mol. The second kappa shape index (κ2) is 9.22. The number of aromatic nitrogens is 2. The topological polar surface area (TPSA) is 125 Å². The SMILES string of the molecule is COC(=O)CN=C(C(Br)=C(N)C(F)(F)F)c1nnc(-c2cccc(S(C)(=O)=O)c2)s1. The molecular formula is C16H14BrF3N4O4S2. The number of halogens is 4. The number of carbonyl (C=O) groups is 1. The van der Waals surface area contributed by atoms with Crippen molar-refractivity contribution in [3.63, 3.8) is 0 Å². The molecule has 2 N–H and O–H groups in total. The number of rotatable bonds is 6. The minimum Gasteiger partial charge on any atom is -0.468 e. The smallest absolute Gasteiger partial charge is 0.431 e. The Labute approximate surface area is 181 Å². The molecule has 0 fully saturated rings. The molecule has 0 atom stereocenters. The van der Waals surface area contributed by atoms with Gasteiger partial charge in [-0.05, 0) is 28.1 Å². The maximum atomic E-state index is 13.0. The van der Waals surface area contributed by atoms with Gasteiger partial charge in [-0.25, -0.2) is 8.42 Å². The molecule has 0 amide bonds. The van der Waals surface area contributed by atoms with E-state index in [0.717, 1.165) is 24.7 Å². The largest absolute Gasteiger partial charge is 0.468 e. The van der Waals surface area contributed by atoms with Crippen LogP contribution in [0.4, 0.5) is 13.2 Å². The Bertz CT molecular complexity index is 1130. The molecule has 30 heavy (non-hydrogen) atoms. The van der Waals surface area contributed by atoms with Gasteiger partial charge in [0.15, 0.2) is 14.8 Å². The number of allylic oxidation sites excluding steroid dienone is 2. The van der Waals surface area contributed by atoms with E-state index in [9.17, 15) is 26.4 Å². The molecule has 0 aliphatic carbocycles. The van der Waals surface area contributed by atoms with E-state index in [1.807, 2.05) is 0 Å². The first-order valence-electron chi connectivity index (χ1n) is 7.83. The predicted octanol–water partition coefficient (Wildman–Crippen LogP) is 2.70. The summed E-state index contributed by atoms with van der Waals surface area (Å²) in [5.74, 6) is -0.788. The van der Waals surface area contributed by atoms with Crippen LogP contribution in [0.3, 0.4) is 0 Å². The number of nitrogens with two attached hydrogens (primary N) is 1. The lowest BCUT2D eigenvalue weighted by Gasteiger charge is -2.10. The first kappa shape index (κ1) is 24.0. The molecule has 2 rings (SSSR count). The lowest BCUT2D eigenvalue weighted by molar-refractivity contribution is -0.138.